The van der Waals surface area contributed by atoms with Gasteiger partial charge in [-0.1, -0.05) is 23.7 Å². The van der Waals surface area contributed by atoms with Gasteiger partial charge in [0.25, 0.3) is 11.6 Å². The summed E-state index contributed by atoms with van der Waals surface area (Å²) in [5, 5.41) is 14.5. The lowest BCUT2D eigenvalue weighted by Gasteiger charge is -2.35. The van der Waals surface area contributed by atoms with Gasteiger partial charge in [-0.3, -0.25) is 19.8 Å². The predicted molar refractivity (Wildman–Crippen MR) is 107 cm³/mol. The summed E-state index contributed by atoms with van der Waals surface area (Å²) in [6.45, 7) is 4.15. The Bertz CT molecular complexity index is 901. The minimum Gasteiger partial charge on any atom is -0.379 e. The first-order valence-electron chi connectivity index (χ1n) is 9.17. The minimum atomic E-state index is -0.785. The molecule has 0 saturated carbocycles. The van der Waals surface area contributed by atoms with Crippen LogP contribution in [0.3, 0.4) is 0 Å². The van der Waals surface area contributed by atoms with Crippen LogP contribution in [0.2, 0.25) is 5.02 Å². The zero-order valence-corrected chi connectivity index (χ0v) is 16.6. The number of halogens is 2. The van der Waals surface area contributed by atoms with Gasteiger partial charge in [-0.2, -0.15) is 0 Å². The summed E-state index contributed by atoms with van der Waals surface area (Å²) in [4.78, 5) is 25.2. The van der Waals surface area contributed by atoms with E-state index in [1.807, 2.05) is 12.1 Å². The highest BCUT2D eigenvalue weighted by Crippen LogP contribution is 2.25. The Morgan fingerprint density at radius 1 is 1.31 bits per heavy atom. The molecule has 0 aromatic heterocycles. The molecule has 9 heteroatoms. The Hall–Kier alpha value is -2.55. The third kappa shape index (κ3) is 5.09. The lowest BCUT2D eigenvalue weighted by atomic mass is 10.0. The molecule has 1 aliphatic rings. The summed E-state index contributed by atoms with van der Waals surface area (Å²) in [5.41, 5.74) is 0.366. The summed E-state index contributed by atoms with van der Waals surface area (Å²) in [5.74, 6) is -1.36. The Morgan fingerprint density at radius 2 is 1.97 bits per heavy atom. The van der Waals surface area contributed by atoms with Crippen molar-refractivity contribution in [3.63, 3.8) is 0 Å². The predicted octanol–water partition coefficient (Wildman–Crippen LogP) is 3.50. The second-order valence-electron chi connectivity index (χ2n) is 6.79. The molecule has 0 aliphatic carbocycles. The van der Waals surface area contributed by atoms with Crippen molar-refractivity contribution in [2.75, 3.05) is 32.8 Å². The van der Waals surface area contributed by atoms with E-state index in [1.54, 1.807) is 12.1 Å². The second-order valence-corrected chi connectivity index (χ2v) is 7.22. The van der Waals surface area contributed by atoms with Gasteiger partial charge >= 0.3 is 0 Å². The number of nitrogens with zero attached hydrogens (tertiary/aromatic N) is 2. The van der Waals surface area contributed by atoms with Crippen molar-refractivity contribution in [3.8, 4) is 0 Å². The quantitative estimate of drug-likeness (QED) is 0.570. The fourth-order valence-electron chi connectivity index (χ4n) is 3.31. The maximum atomic E-state index is 14.0. The molecule has 0 bridgehead atoms. The number of amides is 1. The Labute approximate surface area is 172 Å². The third-order valence-corrected chi connectivity index (χ3v) is 5.22. The number of nitrogens with one attached hydrogen (secondary N) is 1. The van der Waals surface area contributed by atoms with Crippen molar-refractivity contribution in [1.82, 2.24) is 10.2 Å². The molecule has 2 aromatic carbocycles. The lowest BCUT2D eigenvalue weighted by Crippen LogP contribution is -2.43. The standard InChI is InChI=1S/C20H21ClFN3O4/c1-13-17(22)10-15(11-18(13)25(27)28)20(26)23-12-19(24-6-8-29-9-7-24)14-2-4-16(21)5-3-14/h2-5,10-11,19H,6-9,12H2,1H3,(H,23,26). The highest BCUT2D eigenvalue weighted by atomic mass is 35.5. The van der Waals surface area contributed by atoms with E-state index < -0.39 is 22.3 Å². The molecule has 0 spiro atoms. The van der Waals surface area contributed by atoms with Crippen molar-refractivity contribution in [2.24, 2.45) is 0 Å². The molecule has 29 heavy (non-hydrogen) atoms. The van der Waals surface area contributed by atoms with Gasteiger partial charge in [-0.15, -0.1) is 0 Å². The molecule has 1 unspecified atom stereocenters. The molecule has 1 aliphatic heterocycles. The maximum absolute atomic E-state index is 14.0. The fraction of sp³-hybridized carbons (Fsp3) is 0.350. The molecule has 154 valence electrons. The van der Waals surface area contributed by atoms with Gasteiger partial charge in [0.2, 0.25) is 0 Å². The normalized spacial score (nSPS) is 15.7. The third-order valence-electron chi connectivity index (χ3n) is 4.97. The monoisotopic (exact) mass is 421 g/mol. The minimum absolute atomic E-state index is 0.0865. The number of hydrogen-bond donors (Lipinski definition) is 1. The number of carbonyl (C=O) groups is 1. The molecule has 3 rings (SSSR count). The number of nitro benzene ring substituents is 1. The lowest BCUT2D eigenvalue weighted by molar-refractivity contribution is -0.385. The average molecular weight is 422 g/mol. The maximum Gasteiger partial charge on any atom is 0.276 e. The Morgan fingerprint density at radius 3 is 2.59 bits per heavy atom. The molecule has 0 radical (unpaired) electrons. The van der Waals surface area contributed by atoms with E-state index in [0.717, 1.165) is 17.7 Å². The first kappa shape index (κ1) is 21.2. The summed E-state index contributed by atoms with van der Waals surface area (Å²) < 4.78 is 19.4. The molecular formula is C20H21ClFN3O4. The van der Waals surface area contributed by atoms with Crippen LogP contribution in [0, 0.1) is 22.9 Å². The van der Waals surface area contributed by atoms with Gasteiger partial charge in [0.15, 0.2) is 0 Å². The van der Waals surface area contributed by atoms with Gasteiger partial charge in [0.05, 0.1) is 29.7 Å². The number of ether oxygens (including phenoxy) is 1. The molecule has 1 fully saturated rings. The zero-order chi connectivity index (χ0) is 21.0. The van der Waals surface area contributed by atoms with Crippen LogP contribution in [0.25, 0.3) is 0 Å². The second kappa shape index (κ2) is 9.30. The largest absolute Gasteiger partial charge is 0.379 e. The van der Waals surface area contributed by atoms with Crippen LogP contribution in [0.1, 0.15) is 27.5 Å². The molecule has 7 nitrogen and oxygen atoms in total. The smallest absolute Gasteiger partial charge is 0.276 e. The Balaban J connectivity index is 1.79. The van der Waals surface area contributed by atoms with Crippen molar-refractivity contribution >= 4 is 23.2 Å². The van der Waals surface area contributed by atoms with E-state index in [-0.39, 0.29) is 23.7 Å². The first-order valence-corrected chi connectivity index (χ1v) is 9.54. The number of morpholine rings is 1. The van der Waals surface area contributed by atoms with E-state index >= 15 is 0 Å². The number of rotatable bonds is 6. The average Bonchev–Trinajstić information content (AvgIpc) is 2.71. The summed E-state index contributed by atoms with van der Waals surface area (Å²) in [6, 6.07) is 9.33. The fourth-order valence-corrected chi connectivity index (χ4v) is 3.43. The molecule has 1 saturated heterocycles. The molecular weight excluding hydrogens is 401 g/mol. The SMILES string of the molecule is Cc1c(F)cc(C(=O)NCC(c2ccc(Cl)cc2)N2CCOCC2)cc1[N+](=O)[O-]. The van der Waals surface area contributed by atoms with Crippen LogP contribution in [0.5, 0.6) is 0 Å². The van der Waals surface area contributed by atoms with Gasteiger partial charge in [-0.25, -0.2) is 4.39 Å². The van der Waals surface area contributed by atoms with E-state index in [9.17, 15) is 19.3 Å². The van der Waals surface area contributed by atoms with Crippen molar-refractivity contribution in [2.45, 2.75) is 13.0 Å². The number of carbonyl (C=O) groups excluding carboxylic acids is 1. The van der Waals surface area contributed by atoms with Crippen LogP contribution in [0.4, 0.5) is 10.1 Å². The van der Waals surface area contributed by atoms with Crippen LogP contribution in [-0.4, -0.2) is 48.6 Å². The first-order chi connectivity index (χ1) is 13.9. The van der Waals surface area contributed by atoms with Gasteiger partial charge in [-0.05, 0) is 30.7 Å². The van der Waals surface area contributed by atoms with Gasteiger partial charge in [0.1, 0.15) is 5.82 Å². The van der Waals surface area contributed by atoms with Crippen LogP contribution in [0.15, 0.2) is 36.4 Å². The van der Waals surface area contributed by atoms with Gasteiger partial charge in [0, 0.05) is 36.3 Å². The Kier molecular flexibility index (Phi) is 6.79. The van der Waals surface area contributed by atoms with Crippen LogP contribution in [-0.2, 0) is 4.74 Å². The number of benzene rings is 2. The summed E-state index contributed by atoms with van der Waals surface area (Å²) >= 11 is 5.98. The van der Waals surface area contributed by atoms with E-state index in [0.29, 0.717) is 31.3 Å². The number of hydrogen-bond acceptors (Lipinski definition) is 5. The van der Waals surface area contributed by atoms with E-state index in [2.05, 4.69) is 10.2 Å². The van der Waals surface area contributed by atoms with Gasteiger partial charge < -0.3 is 10.1 Å². The highest BCUT2D eigenvalue weighted by molar-refractivity contribution is 6.30. The zero-order valence-electron chi connectivity index (χ0n) is 15.9. The highest BCUT2D eigenvalue weighted by Gasteiger charge is 2.24. The topological polar surface area (TPSA) is 84.7 Å². The van der Waals surface area contributed by atoms with Crippen molar-refractivity contribution in [3.05, 3.63) is 74.0 Å². The molecule has 1 amide bonds. The molecule has 2 aromatic rings. The molecule has 1 atom stereocenters. The summed E-state index contributed by atoms with van der Waals surface area (Å²) in [7, 11) is 0. The molecule has 1 heterocycles. The van der Waals surface area contributed by atoms with E-state index in [4.69, 9.17) is 16.3 Å². The molecule has 1 N–H and O–H groups in total. The summed E-state index contributed by atoms with van der Waals surface area (Å²) in [6.07, 6.45) is 0. The van der Waals surface area contributed by atoms with Crippen LogP contribution >= 0.6 is 11.6 Å². The van der Waals surface area contributed by atoms with E-state index in [1.165, 1.54) is 6.92 Å². The van der Waals surface area contributed by atoms with Crippen molar-refractivity contribution < 1.29 is 18.8 Å². The van der Waals surface area contributed by atoms with Crippen molar-refractivity contribution in [1.29, 1.82) is 0 Å². The number of nitro groups is 1. The van der Waals surface area contributed by atoms with Crippen LogP contribution < -0.4 is 5.32 Å².